The predicted molar refractivity (Wildman–Crippen MR) is 83.9 cm³/mol. The standard InChI is InChI=1S/C16H19NO4S/c1-2-15(12-17-8-10-22(19,20)11-9-17)16(18)21-13-14-6-4-3-5-7-14/h3-11,15H,2,12-13H2,1H3. The van der Waals surface area contributed by atoms with Crippen molar-refractivity contribution in [2.24, 2.45) is 5.92 Å². The van der Waals surface area contributed by atoms with Crippen LogP contribution in [-0.2, 0) is 26.0 Å². The van der Waals surface area contributed by atoms with E-state index in [4.69, 9.17) is 4.74 Å². The SMILES string of the molecule is CCC(CN1C=CS(=O)(=O)C=C1)C(=O)OCc1ccccc1. The van der Waals surface area contributed by atoms with Gasteiger partial charge in [0.05, 0.1) is 16.7 Å². The Labute approximate surface area is 130 Å². The molecule has 0 aliphatic carbocycles. The smallest absolute Gasteiger partial charge is 0.311 e. The highest BCUT2D eigenvalue weighted by Gasteiger charge is 2.21. The summed E-state index contributed by atoms with van der Waals surface area (Å²) in [6, 6.07) is 9.49. The zero-order chi connectivity index (χ0) is 16.0. The lowest BCUT2D eigenvalue weighted by molar-refractivity contribution is -0.150. The van der Waals surface area contributed by atoms with Crippen molar-refractivity contribution in [3.05, 3.63) is 59.1 Å². The Hall–Kier alpha value is -2.08. The molecule has 0 bridgehead atoms. The minimum absolute atomic E-state index is 0.246. The molecule has 1 aromatic carbocycles. The molecule has 1 atom stereocenters. The first kappa shape index (κ1) is 16.3. The van der Waals surface area contributed by atoms with Crippen LogP contribution in [0.25, 0.3) is 0 Å². The molecule has 0 radical (unpaired) electrons. The van der Waals surface area contributed by atoms with E-state index >= 15 is 0 Å². The third kappa shape index (κ3) is 4.73. The third-order valence-electron chi connectivity index (χ3n) is 3.37. The Morgan fingerprint density at radius 3 is 2.41 bits per heavy atom. The summed E-state index contributed by atoms with van der Waals surface area (Å²) in [6.45, 7) is 2.55. The van der Waals surface area contributed by atoms with E-state index in [1.54, 1.807) is 4.90 Å². The predicted octanol–water partition coefficient (Wildman–Crippen LogP) is 2.43. The fourth-order valence-electron chi connectivity index (χ4n) is 2.01. The van der Waals surface area contributed by atoms with Crippen molar-refractivity contribution in [3.63, 3.8) is 0 Å². The van der Waals surface area contributed by atoms with E-state index in [0.717, 1.165) is 16.4 Å². The van der Waals surface area contributed by atoms with Crippen LogP contribution in [0, 0.1) is 5.92 Å². The maximum absolute atomic E-state index is 12.1. The molecule has 0 fully saturated rings. The molecule has 0 saturated carbocycles. The minimum atomic E-state index is -3.24. The normalized spacial score (nSPS) is 17.2. The van der Waals surface area contributed by atoms with Gasteiger partial charge in [0, 0.05) is 18.9 Å². The van der Waals surface area contributed by atoms with Gasteiger partial charge < -0.3 is 9.64 Å². The Morgan fingerprint density at radius 1 is 1.18 bits per heavy atom. The van der Waals surface area contributed by atoms with E-state index in [-0.39, 0.29) is 18.5 Å². The first-order valence-electron chi connectivity index (χ1n) is 7.08. The Kier molecular flexibility index (Phi) is 5.38. The Balaban J connectivity index is 1.88. The molecule has 1 unspecified atom stereocenters. The van der Waals surface area contributed by atoms with Crippen LogP contribution >= 0.6 is 0 Å². The number of carbonyl (C=O) groups excluding carboxylic acids is 1. The fraction of sp³-hybridized carbons (Fsp3) is 0.312. The number of carbonyl (C=O) groups is 1. The molecule has 5 nitrogen and oxygen atoms in total. The molecule has 1 aliphatic rings. The second-order valence-electron chi connectivity index (χ2n) is 5.05. The van der Waals surface area contributed by atoms with Gasteiger partial charge in [-0.3, -0.25) is 4.79 Å². The average molecular weight is 321 g/mol. The second-order valence-corrected chi connectivity index (χ2v) is 6.78. The van der Waals surface area contributed by atoms with Crippen LogP contribution in [0.4, 0.5) is 0 Å². The lowest BCUT2D eigenvalue weighted by Gasteiger charge is -2.22. The van der Waals surface area contributed by atoms with Crippen molar-refractivity contribution >= 4 is 15.8 Å². The summed E-state index contributed by atoms with van der Waals surface area (Å²) in [7, 11) is -3.24. The molecule has 0 N–H and O–H groups in total. The molecular formula is C16H19NO4S. The third-order valence-corrected chi connectivity index (χ3v) is 4.37. The van der Waals surface area contributed by atoms with Crippen LogP contribution in [0.15, 0.2) is 53.5 Å². The van der Waals surface area contributed by atoms with Crippen LogP contribution in [0.2, 0.25) is 0 Å². The molecule has 1 aromatic rings. The van der Waals surface area contributed by atoms with Gasteiger partial charge in [-0.25, -0.2) is 8.42 Å². The maximum Gasteiger partial charge on any atom is 0.311 e. The number of ether oxygens (including phenoxy) is 1. The van der Waals surface area contributed by atoms with Gasteiger partial charge in [-0.1, -0.05) is 37.3 Å². The number of rotatable bonds is 6. The summed E-state index contributed by atoms with van der Waals surface area (Å²) in [5.41, 5.74) is 0.939. The second kappa shape index (κ2) is 7.26. The number of sulfone groups is 1. The Bertz CT molecular complexity index is 645. The average Bonchev–Trinajstić information content (AvgIpc) is 2.52. The highest BCUT2D eigenvalue weighted by molar-refractivity contribution is 7.97. The molecule has 1 heterocycles. The van der Waals surface area contributed by atoms with Gasteiger partial charge >= 0.3 is 5.97 Å². The summed E-state index contributed by atoms with van der Waals surface area (Å²) in [5, 5.41) is 2.24. The molecule has 0 saturated heterocycles. The van der Waals surface area contributed by atoms with Crippen LogP contribution in [-0.4, -0.2) is 25.8 Å². The van der Waals surface area contributed by atoms with Crippen LogP contribution < -0.4 is 0 Å². The van der Waals surface area contributed by atoms with E-state index in [1.807, 2.05) is 37.3 Å². The van der Waals surface area contributed by atoms with Gasteiger partial charge in [-0.15, -0.1) is 0 Å². The molecule has 0 aromatic heterocycles. The van der Waals surface area contributed by atoms with Crippen molar-refractivity contribution in [1.82, 2.24) is 4.90 Å². The largest absolute Gasteiger partial charge is 0.461 e. The first-order valence-corrected chi connectivity index (χ1v) is 8.69. The van der Waals surface area contributed by atoms with Gasteiger partial charge in [0.25, 0.3) is 0 Å². The van der Waals surface area contributed by atoms with Crippen molar-refractivity contribution in [1.29, 1.82) is 0 Å². The number of nitrogens with zero attached hydrogens (tertiary/aromatic N) is 1. The molecular weight excluding hydrogens is 302 g/mol. The van der Waals surface area contributed by atoms with Crippen molar-refractivity contribution in [2.75, 3.05) is 6.54 Å². The number of hydrogen-bond donors (Lipinski definition) is 0. The lowest BCUT2D eigenvalue weighted by Crippen LogP contribution is -2.29. The molecule has 2 rings (SSSR count). The lowest BCUT2D eigenvalue weighted by atomic mass is 10.1. The van der Waals surface area contributed by atoms with Crippen LogP contribution in [0.5, 0.6) is 0 Å². The van der Waals surface area contributed by atoms with Gasteiger partial charge in [0.15, 0.2) is 9.84 Å². The number of benzene rings is 1. The summed E-state index contributed by atoms with van der Waals surface area (Å²) < 4.78 is 27.8. The highest BCUT2D eigenvalue weighted by atomic mass is 32.2. The maximum atomic E-state index is 12.1. The Morgan fingerprint density at radius 2 is 1.82 bits per heavy atom. The summed E-state index contributed by atoms with van der Waals surface area (Å²) in [5.74, 6) is -0.583. The topological polar surface area (TPSA) is 63.7 Å². The molecule has 22 heavy (non-hydrogen) atoms. The summed E-state index contributed by atoms with van der Waals surface area (Å²) in [6.07, 6.45) is 3.55. The summed E-state index contributed by atoms with van der Waals surface area (Å²) in [4.78, 5) is 13.8. The van der Waals surface area contributed by atoms with Crippen molar-refractivity contribution in [2.45, 2.75) is 20.0 Å². The highest BCUT2D eigenvalue weighted by Crippen LogP contribution is 2.14. The minimum Gasteiger partial charge on any atom is -0.461 e. The van der Waals surface area contributed by atoms with E-state index < -0.39 is 9.84 Å². The van der Waals surface area contributed by atoms with Gasteiger partial charge in [0.2, 0.25) is 0 Å². The van der Waals surface area contributed by atoms with E-state index in [2.05, 4.69) is 0 Å². The monoisotopic (exact) mass is 321 g/mol. The zero-order valence-corrected chi connectivity index (χ0v) is 13.2. The molecule has 0 spiro atoms. The molecule has 118 valence electrons. The van der Waals surface area contributed by atoms with Crippen molar-refractivity contribution in [3.8, 4) is 0 Å². The molecule has 1 aliphatic heterocycles. The van der Waals surface area contributed by atoms with Crippen molar-refractivity contribution < 1.29 is 17.9 Å². The summed E-state index contributed by atoms with van der Waals surface area (Å²) >= 11 is 0. The first-order chi connectivity index (χ1) is 10.5. The van der Waals surface area contributed by atoms with Gasteiger partial charge in [0.1, 0.15) is 6.61 Å². The van der Waals surface area contributed by atoms with E-state index in [1.165, 1.54) is 12.4 Å². The molecule has 6 heteroatoms. The van der Waals surface area contributed by atoms with Gasteiger partial charge in [-0.2, -0.15) is 0 Å². The fourth-order valence-corrected chi connectivity index (χ4v) is 2.76. The van der Waals surface area contributed by atoms with Gasteiger partial charge in [-0.05, 0) is 12.0 Å². The number of esters is 1. The van der Waals surface area contributed by atoms with E-state index in [9.17, 15) is 13.2 Å². The number of hydrogen-bond acceptors (Lipinski definition) is 5. The van der Waals surface area contributed by atoms with Crippen LogP contribution in [0.3, 0.4) is 0 Å². The van der Waals surface area contributed by atoms with E-state index in [0.29, 0.717) is 13.0 Å². The zero-order valence-electron chi connectivity index (χ0n) is 12.4. The molecule has 0 amide bonds. The van der Waals surface area contributed by atoms with Crippen LogP contribution in [0.1, 0.15) is 18.9 Å². The quantitative estimate of drug-likeness (QED) is 0.753.